The molecule has 7 nitrogen and oxygen atoms in total. The van der Waals surface area contributed by atoms with Crippen LogP contribution >= 0.6 is 24.8 Å². The second-order valence-electron chi connectivity index (χ2n) is 7.43. The summed E-state index contributed by atoms with van der Waals surface area (Å²) in [5.41, 5.74) is 2.04. The maximum Gasteiger partial charge on any atom is 0.233 e. The Balaban J connectivity index is 0.00000171. The van der Waals surface area contributed by atoms with E-state index in [1.54, 1.807) is 7.11 Å². The number of halogens is 2. The molecule has 1 aromatic carbocycles. The fraction of sp³-hybridized carbons (Fsp3) is 0.364. The highest BCUT2D eigenvalue weighted by atomic mass is 35.5. The van der Waals surface area contributed by atoms with Crippen molar-refractivity contribution in [3.05, 3.63) is 60.6 Å². The number of hydrogen-bond donors (Lipinski definition) is 2. The highest BCUT2D eigenvalue weighted by Gasteiger charge is 2.39. The highest BCUT2D eigenvalue weighted by Crippen LogP contribution is 2.31. The summed E-state index contributed by atoms with van der Waals surface area (Å²) < 4.78 is 13.1. The molecule has 0 spiro atoms. The van der Waals surface area contributed by atoms with E-state index in [0.717, 1.165) is 48.7 Å². The van der Waals surface area contributed by atoms with Crippen molar-refractivity contribution >= 4 is 42.1 Å². The van der Waals surface area contributed by atoms with Gasteiger partial charge in [0.15, 0.2) is 0 Å². The van der Waals surface area contributed by atoms with E-state index in [-0.39, 0.29) is 30.7 Å². The number of benzene rings is 1. The van der Waals surface area contributed by atoms with Gasteiger partial charge in [-0.05, 0) is 62.3 Å². The molecule has 2 aromatic heterocycles. The normalized spacial score (nSPS) is 14.9. The van der Waals surface area contributed by atoms with Crippen molar-refractivity contribution in [3.63, 3.8) is 0 Å². The lowest BCUT2D eigenvalue weighted by atomic mass is 9.78. The van der Waals surface area contributed by atoms with Crippen LogP contribution < -0.4 is 15.4 Å². The molecule has 0 aliphatic carbocycles. The highest BCUT2D eigenvalue weighted by molar-refractivity contribution is 5.95. The Morgan fingerprint density at radius 2 is 1.90 bits per heavy atom. The summed E-state index contributed by atoms with van der Waals surface area (Å²) >= 11 is 0. The monoisotopic (exact) mass is 466 g/mol. The van der Waals surface area contributed by atoms with Crippen LogP contribution in [0.1, 0.15) is 18.5 Å². The van der Waals surface area contributed by atoms with Crippen LogP contribution in [-0.4, -0.2) is 42.1 Å². The minimum atomic E-state index is -0.474. The van der Waals surface area contributed by atoms with Crippen molar-refractivity contribution in [1.82, 2.24) is 14.7 Å². The first kappa shape index (κ1) is 24.9. The summed E-state index contributed by atoms with van der Waals surface area (Å²) in [6.45, 7) is 2.47. The standard InChI is InChI=1S/C22H26N4O3.2ClH/c1-28-16-22(9-11-23-12-10-22)21(27)25-17-5-7-19(8-6-17)29-15-18-14-26-13-3-2-4-20(26)24-18;;/h2-8,13-14,23H,9-12,15-16H2,1H3,(H,25,27);2*1H. The molecule has 0 unspecified atom stereocenters. The van der Waals surface area contributed by atoms with Gasteiger partial charge in [-0.2, -0.15) is 0 Å². The Kier molecular flexibility index (Phi) is 9.13. The number of aromatic nitrogens is 2. The predicted molar refractivity (Wildman–Crippen MR) is 126 cm³/mol. The number of hydrogen-bond acceptors (Lipinski definition) is 5. The summed E-state index contributed by atoms with van der Waals surface area (Å²) in [5.74, 6) is 0.743. The van der Waals surface area contributed by atoms with Crippen molar-refractivity contribution in [2.45, 2.75) is 19.4 Å². The molecule has 3 heterocycles. The summed E-state index contributed by atoms with van der Waals surface area (Å²) in [7, 11) is 1.65. The van der Waals surface area contributed by atoms with Gasteiger partial charge >= 0.3 is 0 Å². The molecule has 4 rings (SSSR count). The van der Waals surface area contributed by atoms with Crippen molar-refractivity contribution in [1.29, 1.82) is 0 Å². The van der Waals surface area contributed by atoms with Gasteiger partial charge in [-0.15, -0.1) is 24.8 Å². The van der Waals surface area contributed by atoms with Gasteiger partial charge in [-0.3, -0.25) is 4.79 Å². The van der Waals surface area contributed by atoms with E-state index in [4.69, 9.17) is 9.47 Å². The number of anilines is 1. The number of amides is 1. The van der Waals surface area contributed by atoms with Crippen molar-refractivity contribution in [3.8, 4) is 5.75 Å². The molecule has 9 heteroatoms. The lowest BCUT2D eigenvalue weighted by Gasteiger charge is -2.35. The van der Waals surface area contributed by atoms with Crippen LogP contribution in [0.25, 0.3) is 5.65 Å². The van der Waals surface area contributed by atoms with E-state index < -0.39 is 5.41 Å². The Labute approximate surface area is 194 Å². The van der Waals surface area contributed by atoms with E-state index in [1.807, 2.05) is 59.3 Å². The lowest BCUT2D eigenvalue weighted by Crippen LogP contribution is -2.47. The van der Waals surface area contributed by atoms with Crippen LogP contribution in [0.3, 0.4) is 0 Å². The Bertz CT molecular complexity index is 934. The molecular formula is C22H28Cl2N4O3. The Hall–Kier alpha value is -2.32. The van der Waals surface area contributed by atoms with E-state index in [2.05, 4.69) is 15.6 Å². The largest absolute Gasteiger partial charge is 0.487 e. The molecule has 1 saturated heterocycles. The number of imidazole rings is 1. The number of fused-ring (bicyclic) bond motifs is 1. The van der Waals surface area contributed by atoms with Gasteiger partial charge in [0.25, 0.3) is 0 Å². The fourth-order valence-electron chi connectivity index (χ4n) is 3.73. The Morgan fingerprint density at radius 3 is 2.58 bits per heavy atom. The van der Waals surface area contributed by atoms with Gasteiger partial charge in [0.2, 0.25) is 5.91 Å². The number of carbonyl (C=O) groups excluding carboxylic acids is 1. The SMILES string of the molecule is COCC1(C(=O)Nc2ccc(OCc3cn4ccccc4n3)cc2)CCNCC1.Cl.Cl. The number of pyridine rings is 1. The van der Waals surface area contributed by atoms with E-state index in [9.17, 15) is 4.79 Å². The molecule has 1 aliphatic rings. The summed E-state index contributed by atoms with van der Waals surface area (Å²) in [6, 6.07) is 13.3. The number of methoxy groups -OCH3 is 1. The molecule has 1 amide bonds. The zero-order valence-corrected chi connectivity index (χ0v) is 19.0. The molecule has 1 fully saturated rings. The van der Waals surface area contributed by atoms with Gasteiger partial charge in [0, 0.05) is 25.2 Å². The van der Waals surface area contributed by atoms with Gasteiger partial charge in [-0.1, -0.05) is 6.07 Å². The third-order valence-corrected chi connectivity index (χ3v) is 5.38. The smallest absolute Gasteiger partial charge is 0.233 e. The van der Waals surface area contributed by atoms with Crippen LogP contribution in [0.2, 0.25) is 0 Å². The Morgan fingerprint density at radius 1 is 1.16 bits per heavy atom. The minimum Gasteiger partial charge on any atom is -0.487 e. The first-order valence-electron chi connectivity index (χ1n) is 9.85. The summed E-state index contributed by atoms with van der Waals surface area (Å²) in [4.78, 5) is 17.4. The second-order valence-corrected chi connectivity index (χ2v) is 7.43. The van der Waals surface area contributed by atoms with Crippen molar-refractivity contribution < 1.29 is 14.3 Å². The summed E-state index contributed by atoms with van der Waals surface area (Å²) in [6.07, 6.45) is 5.46. The zero-order chi connectivity index (χ0) is 20.1. The number of rotatable bonds is 7. The van der Waals surface area contributed by atoms with Gasteiger partial charge in [-0.25, -0.2) is 4.98 Å². The third-order valence-electron chi connectivity index (χ3n) is 5.38. The van der Waals surface area contributed by atoms with Crippen LogP contribution in [0.15, 0.2) is 54.9 Å². The van der Waals surface area contributed by atoms with E-state index in [1.165, 1.54) is 0 Å². The van der Waals surface area contributed by atoms with Crippen LogP contribution in [0.5, 0.6) is 5.75 Å². The minimum absolute atomic E-state index is 0. The van der Waals surface area contributed by atoms with Crippen molar-refractivity contribution in [2.24, 2.45) is 5.41 Å². The van der Waals surface area contributed by atoms with Gasteiger partial charge in [0.1, 0.15) is 18.0 Å². The number of ether oxygens (including phenoxy) is 2. The van der Waals surface area contributed by atoms with Gasteiger partial charge in [0.05, 0.1) is 17.7 Å². The second kappa shape index (κ2) is 11.3. The van der Waals surface area contributed by atoms with Crippen molar-refractivity contribution in [2.75, 3.05) is 32.1 Å². The number of nitrogens with zero attached hydrogens (tertiary/aromatic N) is 2. The molecule has 1 aliphatic heterocycles. The maximum atomic E-state index is 12.9. The molecule has 0 radical (unpaired) electrons. The third kappa shape index (κ3) is 5.89. The van der Waals surface area contributed by atoms with Crippen LogP contribution in [0.4, 0.5) is 5.69 Å². The molecule has 0 atom stereocenters. The summed E-state index contributed by atoms with van der Waals surface area (Å²) in [5, 5.41) is 6.34. The van der Waals surface area contributed by atoms with E-state index in [0.29, 0.717) is 13.2 Å². The van der Waals surface area contributed by atoms with Crippen LogP contribution in [-0.2, 0) is 16.1 Å². The quantitative estimate of drug-likeness (QED) is 0.554. The molecular weight excluding hydrogens is 439 g/mol. The molecule has 0 saturated carbocycles. The average Bonchev–Trinajstić information content (AvgIpc) is 3.17. The molecule has 2 N–H and O–H groups in total. The molecule has 0 bridgehead atoms. The molecule has 31 heavy (non-hydrogen) atoms. The number of piperidine rings is 1. The molecule has 3 aromatic rings. The first-order valence-corrected chi connectivity index (χ1v) is 9.85. The maximum absolute atomic E-state index is 12.9. The van der Waals surface area contributed by atoms with E-state index >= 15 is 0 Å². The topological polar surface area (TPSA) is 76.9 Å². The number of nitrogens with one attached hydrogen (secondary N) is 2. The predicted octanol–water partition coefficient (Wildman–Crippen LogP) is 3.71. The van der Waals surface area contributed by atoms with Crippen LogP contribution in [0, 0.1) is 5.41 Å². The average molecular weight is 467 g/mol. The number of carbonyl (C=O) groups is 1. The lowest BCUT2D eigenvalue weighted by molar-refractivity contribution is -0.130. The molecule has 168 valence electrons. The van der Waals surface area contributed by atoms with Gasteiger partial charge < -0.3 is 24.5 Å². The first-order chi connectivity index (χ1) is 14.2. The fourth-order valence-corrected chi connectivity index (χ4v) is 3.73. The zero-order valence-electron chi connectivity index (χ0n) is 17.4.